The summed E-state index contributed by atoms with van der Waals surface area (Å²) >= 11 is 0. The molecule has 0 amide bonds. The van der Waals surface area contributed by atoms with E-state index in [1.165, 1.54) is 0 Å². The molecule has 1 nitrogen and oxygen atoms in total. The highest BCUT2D eigenvalue weighted by atomic mass is 19.4. The molecule has 0 radical (unpaired) electrons. The standard InChI is InChI=1S/C10H9F6N/c11-9(12,13)8(10(14,15)16)7-3-1-6(5-17)2-4-7/h1-4,8H,5,17H2. The summed E-state index contributed by atoms with van der Waals surface area (Å²) in [6.45, 7) is 0.0585. The average molecular weight is 257 g/mol. The molecule has 1 aromatic carbocycles. The van der Waals surface area contributed by atoms with Crippen LogP contribution in [0.25, 0.3) is 0 Å². The van der Waals surface area contributed by atoms with Crippen molar-refractivity contribution < 1.29 is 26.3 Å². The van der Waals surface area contributed by atoms with Gasteiger partial charge in [0, 0.05) is 6.54 Å². The second kappa shape index (κ2) is 4.56. The topological polar surface area (TPSA) is 26.0 Å². The first-order valence-electron chi connectivity index (χ1n) is 4.58. The second-order valence-electron chi connectivity index (χ2n) is 3.46. The summed E-state index contributed by atoms with van der Waals surface area (Å²) in [6.07, 6.45) is -10.7. The van der Waals surface area contributed by atoms with E-state index in [2.05, 4.69) is 0 Å². The number of halogens is 6. The van der Waals surface area contributed by atoms with Crippen molar-refractivity contribution in [2.24, 2.45) is 5.73 Å². The van der Waals surface area contributed by atoms with Gasteiger partial charge in [-0.15, -0.1) is 0 Å². The minimum Gasteiger partial charge on any atom is -0.326 e. The summed E-state index contributed by atoms with van der Waals surface area (Å²) in [4.78, 5) is 0. The maximum atomic E-state index is 12.3. The van der Waals surface area contributed by atoms with E-state index in [0.29, 0.717) is 5.56 Å². The van der Waals surface area contributed by atoms with E-state index in [-0.39, 0.29) is 6.54 Å². The second-order valence-corrected chi connectivity index (χ2v) is 3.46. The van der Waals surface area contributed by atoms with Crippen LogP contribution in [0.1, 0.15) is 17.0 Å². The van der Waals surface area contributed by atoms with Crippen LogP contribution in [0.2, 0.25) is 0 Å². The van der Waals surface area contributed by atoms with E-state index in [0.717, 1.165) is 24.3 Å². The lowest BCUT2D eigenvalue weighted by atomic mass is 9.97. The molecule has 0 aliphatic heterocycles. The molecule has 0 saturated carbocycles. The van der Waals surface area contributed by atoms with Crippen molar-refractivity contribution in [3.8, 4) is 0 Å². The van der Waals surface area contributed by atoms with Crippen LogP contribution in [0.3, 0.4) is 0 Å². The first kappa shape index (κ1) is 13.8. The summed E-state index contributed by atoms with van der Waals surface area (Å²) in [6, 6.07) is 3.90. The summed E-state index contributed by atoms with van der Waals surface area (Å²) in [5, 5.41) is 0. The van der Waals surface area contributed by atoms with Gasteiger partial charge in [-0.3, -0.25) is 0 Å². The van der Waals surface area contributed by atoms with Crippen LogP contribution >= 0.6 is 0 Å². The molecule has 0 bridgehead atoms. The lowest BCUT2D eigenvalue weighted by molar-refractivity contribution is -0.253. The lowest BCUT2D eigenvalue weighted by Crippen LogP contribution is -2.34. The molecular formula is C10H9F6N. The molecule has 1 rings (SSSR count). The summed E-state index contributed by atoms with van der Waals surface area (Å²) in [5.74, 6) is -3.46. The smallest absolute Gasteiger partial charge is 0.326 e. The number of rotatable bonds is 2. The van der Waals surface area contributed by atoms with Crippen molar-refractivity contribution in [1.82, 2.24) is 0 Å². The van der Waals surface area contributed by atoms with Gasteiger partial charge in [0.1, 0.15) is 0 Å². The molecule has 96 valence electrons. The molecule has 0 spiro atoms. The minimum atomic E-state index is -5.36. The fourth-order valence-electron chi connectivity index (χ4n) is 1.41. The van der Waals surface area contributed by atoms with Crippen molar-refractivity contribution in [2.75, 3.05) is 0 Å². The molecule has 17 heavy (non-hydrogen) atoms. The summed E-state index contributed by atoms with van der Waals surface area (Å²) < 4.78 is 74.0. The monoisotopic (exact) mass is 257 g/mol. The van der Waals surface area contributed by atoms with Gasteiger partial charge < -0.3 is 5.73 Å². The minimum absolute atomic E-state index is 0.0585. The van der Waals surface area contributed by atoms with Crippen molar-refractivity contribution in [2.45, 2.75) is 24.8 Å². The zero-order valence-electron chi connectivity index (χ0n) is 8.44. The third-order valence-electron chi connectivity index (χ3n) is 2.20. The molecule has 0 aromatic heterocycles. The van der Waals surface area contributed by atoms with E-state index in [9.17, 15) is 26.3 Å². The zero-order valence-corrected chi connectivity index (χ0v) is 8.44. The van der Waals surface area contributed by atoms with Crippen LogP contribution in [0.15, 0.2) is 24.3 Å². The maximum Gasteiger partial charge on any atom is 0.404 e. The molecule has 2 N–H and O–H groups in total. The molecular weight excluding hydrogens is 248 g/mol. The third-order valence-corrected chi connectivity index (χ3v) is 2.20. The van der Waals surface area contributed by atoms with Gasteiger partial charge in [0.15, 0.2) is 5.92 Å². The predicted octanol–water partition coefficient (Wildman–Crippen LogP) is 3.35. The Labute approximate surface area is 93.2 Å². The predicted molar refractivity (Wildman–Crippen MR) is 49.2 cm³/mol. The van der Waals surface area contributed by atoms with Gasteiger partial charge in [0.05, 0.1) is 0 Å². The van der Waals surface area contributed by atoms with E-state index in [1.54, 1.807) is 0 Å². The SMILES string of the molecule is NCc1ccc(C(C(F)(F)F)C(F)(F)F)cc1. The van der Waals surface area contributed by atoms with Crippen LogP contribution < -0.4 is 5.73 Å². The van der Waals surface area contributed by atoms with E-state index < -0.39 is 23.8 Å². The number of hydrogen-bond acceptors (Lipinski definition) is 1. The van der Waals surface area contributed by atoms with Gasteiger partial charge in [0.2, 0.25) is 0 Å². The van der Waals surface area contributed by atoms with Crippen molar-refractivity contribution in [3.63, 3.8) is 0 Å². The van der Waals surface area contributed by atoms with Gasteiger partial charge in [-0.05, 0) is 11.1 Å². The van der Waals surface area contributed by atoms with Crippen LogP contribution in [0.5, 0.6) is 0 Å². The lowest BCUT2D eigenvalue weighted by Gasteiger charge is -2.23. The maximum absolute atomic E-state index is 12.3. The van der Waals surface area contributed by atoms with Crippen LogP contribution in [0.4, 0.5) is 26.3 Å². The fourth-order valence-corrected chi connectivity index (χ4v) is 1.41. The quantitative estimate of drug-likeness (QED) is 0.808. The molecule has 7 heteroatoms. The Kier molecular flexibility index (Phi) is 3.71. The van der Waals surface area contributed by atoms with E-state index in [1.807, 2.05) is 0 Å². The molecule has 1 aromatic rings. The van der Waals surface area contributed by atoms with Crippen LogP contribution in [0, 0.1) is 0 Å². The molecule has 0 saturated heterocycles. The number of nitrogens with two attached hydrogens (primary N) is 1. The van der Waals surface area contributed by atoms with E-state index in [4.69, 9.17) is 5.73 Å². The number of alkyl halides is 6. The summed E-state index contributed by atoms with van der Waals surface area (Å²) in [5.41, 5.74) is 4.84. The Balaban J connectivity index is 3.14. The highest BCUT2D eigenvalue weighted by Gasteiger charge is 2.57. The molecule has 0 aliphatic rings. The van der Waals surface area contributed by atoms with Gasteiger partial charge in [0.25, 0.3) is 0 Å². The zero-order chi connectivity index (χ0) is 13.3. The van der Waals surface area contributed by atoms with E-state index >= 15 is 0 Å². The highest BCUT2D eigenvalue weighted by molar-refractivity contribution is 5.27. The highest BCUT2D eigenvalue weighted by Crippen LogP contribution is 2.46. The van der Waals surface area contributed by atoms with Crippen molar-refractivity contribution >= 4 is 0 Å². The Morgan fingerprint density at radius 1 is 0.882 bits per heavy atom. The number of hydrogen-bond donors (Lipinski definition) is 1. The van der Waals surface area contributed by atoms with Crippen molar-refractivity contribution in [3.05, 3.63) is 35.4 Å². The number of benzene rings is 1. The van der Waals surface area contributed by atoms with Crippen molar-refractivity contribution in [1.29, 1.82) is 0 Å². The molecule has 0 atom stereocenters. The Hall–Kier alpha value is -1.24. The summed E-state index contributed by atoms with van der Waals surface area (Å²) in [7, 11) is 0. The largest absolute Gasteiger partial charge is 0.404 e. The molecule has 0 unspecified atom stereocenters. The molecule has 0 aliphatic carbocycles. The van der Waals surface area contributed by atoms with Gasteiger partial charge in [-0.2, -0.15) is 26.3 Å². The fraction of sp³-hybridized carbons (Fsp3) is 0.400. The van der Waals surface area contributed by atoms with Gasteiger partial charge >= 0.3 is 12.4 Å². The van der Waals surface area contributed by atoms with Gasteiger partial charge in [-0.1, -0.05) is 24.3 Å². The Morgan fingerprint density at radius 2 is 1.29 bits per heavy atom. The first-order valence-corrected chi connectivity index (χ1v) is 4.58. The third kappa shape index (κ3) is 3.36. The van der Waals surface area contributed by atoms with Crippen LogP contribution in [-0.4, -0.2) is 12.4 Å². The Morgan fingerprint density at radius 3 is 1.59 bits per heavy atom. The first-order chi connectivity index (χ1) is 7.66. The normalized spacial score (nSPS) is 13.2. The van der Waals surface area contributed by atoms with Gasteiger partial charge in [-0.25, -0.2) is 0 Å². The Bertz CT molecular complexity index is 350. The molecule has 0 heterocycles. The van der Waals surface area contributed by atoms with Crippen LogP contribution in [-0.2, 0) is 6.54 Å². The molecule has 0 fully saturated rings. The average Bonchev–Trinajstić information content (AvgIpc) is 2.14.